The molecule has 4 nitrogen and oxygen atoms in total. The summed E-state index contributed by atoms with van der Waals surface area (Å²) in [6.45, 7) is 1.86. The Morgan fingerprint density at radius 3 is 3.00 bits per heavy atom. The third-order valence-corrected chi connectivity index (χ3v) is 4.24. The standard InChI is InChI=1S/C15H14N2O2S/c1-9-12-7-10(4-5-13(12)17-15(9)19)16-14(18)8-11-3-2-6-20-11/h2-7,9H,8H2,1H3,(H,16,18)(H,17,19). The molecule has 2 amide bonds. The first-order chi connectivity index (χ1) is 9.63. The Balaban J connectivity index is 1.73. The van der Waals surface area contributed by atoms with Gasteiger partial charge in [0.2, 0.25) is 11.8 Å². The minimum absolute atomic E-state index is 0.00191. The van der Waals surface area contributed by atoms with E-state index in [1.165, 1.54) is 0 Å². The first-order valence-electron chi connectivity index (χ1n) is 6.40. The molecule has 1 aliphatic rings. The lowest BCUT2D eigenvalue weighted by atomic mass is 10.0. The van der Waals surface area contributed by atoms with E-state index in [1.54, 1.807) is 11.3 Å². The van der Waals surface area contributed by atoms with Crippen LogP contribution in [0.15, 0.2) is 35.7 Å². The number of amides is 2. The van der Waals surface area contributed by atoms with Crippen LogP contribution in [0, 0.1) is 0 Å². The zero-order chi connectivity index (χ0) is 14.1. The maximum absolute atomic E-state index is 11.9. The number of hydrogen-bond donors (Lipinski definition) is 2. The molecule has 0 aliphatic carbocycles. The average molecular weight is 286 g/mol. The van der Waals surface area contributed by atoms with Crippen LogP contribution in [0.25, 0.3) is 0 Å². The smallest absolute Gasteiger partial charge is 0.231 e. The molecule has 20 heavy (non-hydrogen) atoms. The molecule has 0 bridgehead atoms. The summed E-state index contributed by atoms with van der Waals surface area (Å²) in [6.07, 6.45) is 0.376. The molecule has 0 saturated carbocycles. The van der Waals surface area contributed by atoms with Crippen molar-refractivity contribution in [2.45, 2.75) is 19.3 Å². The Morgan fingerprint density at radius 1 is 1.40 bits per heavy atom. The summed E-state index contributed by atoms with van der Waals surface area (Å²) in [5.74, 6) is -0.210. The van der Waals surface area contributed by atoms with E-state index >= 15 is 0 Å². The van der Waals surface area contributed by atoms with Crippen molar-refractivity contribution >= 4 is 34.5 Å². The van der Waals surface area contributed by atoms with Gasteiger partial charge in [0.05, 0.1) is 12.3 Å². The topological polar surface area (TPSA) is 58.2 Å². The molecule has 0 radical (unpaired) electrons. The second-order valence-electron chi connectivity index (χ2n) is 4.82. The van der Waals surface area contributed by atoms with Gasteiger partial charge in [-0.2, -0.15) is 0 Å². The summed E-state index contributed by atoms with van der Waals surface area (Å²) >= 11 is 1.57. The highest BCUT2D eigenvalue weighted by Crippen LogP contribution is 2.34. The summed E-state index contributed by atoms with van der Waals surface area (Å²) in [5.41, 5.74) is 2.50. The number of carbonyl (C=O) groups excluding carboxylic acids is 2. The molecule has 0 spiro atoms. The summed E-state index contributed by atoms with van der Waals surface area (Å²) in [5, 5.41) is 7.64. The maximum Gasteiger partial charge on any atom is 0.231 e. The fourth-order valence-corrected chi connectivity index (χ4v) is 2.97. The quantitative estimate of drug-likeness (QED) is 0.911. The lowest BCUT2D eigenvalue weighted by Gasteiger charge is -2.07. The van der Waals surface area contributed by atoms with E-state index in [2.05, 4.69) is 10.6 Å². The van der Waals surface area contributed by atoms with Gasteiger partial charge < -0.3 is 10.6 Å². The first-order valence-corrected chi connectivity index (χ1v) is 7.28. The highest BCUT2D eigenvalue weighted by Gasteiger charge is 2.26. The Labute approximate surface area is 120 Å². The normalized spacial score (nSPS) is 16.6. The van der Waals surface area contributed by atoms with Gasteiger partial charge in [-0.05, 0) is 42.1 Å². The Bertz CT molecular complexity index is 665. The SMILES string of the molecule is CC1C(=O)Nc2ccc(NC(=O)Cc3cccs3)cc21. The largest absolute Gasteiger partial charge is 0.326 e. The molecule has 1 unspecified atom stereocenters. The molecule has 5 heteroatoms. The maximum atomic E-state index is 11.9. The molecule has 2 heterocycles. The lowest BCUT2D eigenvalue weighted by Crippen LogP contribution is -2.13. The molecule has 0 fully saturated rings. The predicted molar refractivity (Wildman–Crippen MR) is 80.1 cm³/mol. The van der Waals surface area contributed by atoms with Gasteiger partial charge in [-0.3, -0.25) is 9.59 Å². The van der Waals surface area contributed by atoms with E-state index in [0.29, 0.717) is 6.42 Å². The molecule has 1 atom stereocenters. The number of hydrogen-bond acceptors (Lipinski definition) is 3. The van der Waals surface area contributed by atoms with Gasteiger partial charge in [0.1, 0.15) is 0 Å². The van der Waals surface area contributed by atoms with E-state index in [-0.39, 0.29) is 17.7 Å². The van der Waals surface area contributed by atoms with Crippen LogP contribution in [-0.2, 0) is 16.0 Å². The molecule has 0 saturated heterocycles. The Morgan fingerprint density at radius 2 is 2.25 bits per heavy atom. The van der Waals surface area contributed by atoms with E-state index in [1.807, 2.05) is 42.6 Å². The molecule has 1 aromatic heterocycles. The van der Waals surface area contributed by atoms with Crippen LogP contribution in [-0.4, -0.2) is 11.8 Å². The van der Waals surface area contributed by atoms with Crippen molar-refractivity contribution in [1.82, 2.24) is 0 Å². The summed E-state index contributed by atoms with van der Waals surface area (Å²) < 4.78 is 0. The number of anilines is 2. The third-order valence-electron chi connectivity index (χ3n) is 3.37. The van der Waals surface area contributed by atoms with Gasteiger partial charge in [0, 0.05) is 16.3 Å². The Kier molecular flexibility index (Phi) is 3.28. The van der Waals surface area contributed by atoms with Gasteiger partial charge in [-0.15, -0.1) is 11.3 Å². The molecule has 2 aromatic rings. The fraction of sp³-hybridized carbons (Fsp3) is 0.200. The number of thiophene rings is 1. The van der Waals surface area contributed by atoms with Crippen molar-refractivity contribution in [3.05, 3.63) is 46.2 Å². The molecule has 102 valence electrons. The number of rotatable bonds is 3. The second kappa shape index (κ2) is 5.09. The number of benzene rings is 1. The van der Waals surface area contributed by atoms with Crippen molar-refractivity contribution < 1.29 is 9.59 Å². The predicted octanol–water partition coefficient (Wildman–Crippen LogP) is 2.98. The van der Waals surface area contributed by atoms with Crippen LogP contribution in [0.1, 0.15) is 23.3 Å². The van der Waals surface area contributed by atoms with Crippen molar-refractivity contribution in [1.29, 1.82) is 0 Å². The highest BCUT2D eigenvalue weighted by molar-refractivity contribution is 7.10. The van der Waals surface area contributed by atoms with E-state index < -0.39 is 0 Å². The molecule has 1 aromatic carbocycles. The number of carbonyl (C=O) groups is 2. The molecule has 2 N–H and O–H groups in total. The minimum atomic E-state index is -0.167. The van der Waals surface area contributed by atoms with Crippen LogP contribution >= 0.6 is 11.3 Å². The molecular formula is C15H14N2O2S. The van der Waals surface area contributed by atoms with Crippen molar-refractivity contribution in [3.63, 3.8) is 0 Å². The molecule has 3 rings (SSSR count). The third kappa shape index (κ3) is 2.44. The monoisotopic (exact) mass is 286 g/mol. The van der Waals surface area contributed by atoms with Gasteiger partial charge in [0.25, 0.3) is 0 Å². The van der Waals surface area contributed by atoms with E-state index in [9.17, 15) is 9.59 Å². The van der Waals surface area contributed by atoms with Gasteiger partial charge in [-0.1, -0.05) is 6.07 Å². The van der Waals surface area contributed by atoms with Crippen LogP contribution in [0.2, 0.25) is 0 Å². The second-order valence-corrected chi connectivity index (χ2v) is 5.85. The zero-order valence-corrected chi connectivity index (χ0v) is 11.8. The van der Waals surface area contributed by atoms with Crippen LogP contribution in [0.4, 0.5) is 11.4 Å². The van der Waals surface area contributed by atoms with Crippen molar-refractivity contribution in [2.24, 2.45) is 0 Å². The Hall–Kier alpha value is -2.14. The van der Waals surface area contributed by atoms with Crippen molar-refractivity contribution in [2.75, 3.05) is 10.6 Å². The number of nitrogens with one attached hydrogen (secondary N) is 2. The highest BCUT2D eigenvalue weighted by atomic mass is 32.1. The van der Waals surface area contributed by atoms with Crippen molar-refractivity contribution in [3.8, 4) is 0 Å². The van der Waals surface area contributed by atoms with Gasteiger partial charge in [-0.25, -0.2) is 0 Å². The summed E-state index contributed by atoms with van der Waals surface area (Å²) in [6, 6.07) is 9.38. The minimum Gasteiger partial charge on any atom is -0.326 e. The molecule has 1 aliphatic heterocycles. The summed E-state index contributed by atoms with van der Waals surface area (Å²) in [4.78, 5) is 24.6. The average Bonchev–Trinajstić information content (AvgIpc) is 3.00. The van der Waals surface area contributed by atoms with Gasteiger partial charge >= 0.3 is 0 Å². The fourth-order valence-electron chi connectivity index (χ4n) is 2.27. The zero-order valence-electron chi connectivity index (χ0n) is 11.0. The summed E-state index contributed by atoms with van der Waals surface area (Å²) in [7, 11) is 0. The van der Waals surface area contributed by atoms with Crippen LogP contribution in [0.5, 0.6) is 0 Å². The molecular weight excluding hydrogens is 272 g/mol. The lowest BCUT2D eigenvalue weighted by molar-refractivity contribution is -0.117. The van der Waals surface area contributed by atoms with Crippen LogP contribution in [0.3, 0.4) is 0 Å². The van der Waals surface area contributed by atoms with E-state index in [0.717, 1.165) is 21.8 Å². The van der Waals surface area contributed by atoms with Crippen LogP contribution < -0.4 is 10.6 Å². The number of fused-ring (bicyclic) bond motifs is 1. The first kappa shape index (κ1) is 12.9. The van der Waals surface area contributed by atoms with E-state index in [4.69, 9.17) is 0 Å². The van der Waals surface area contributed by atoms with Gasteiger partial charge in [0.15, 0.2) is 0 Å².